The number of aromatic nitrogens is 5. The van der Waals surface area contributed by atoms with Gasteiger partial charge < -0.3 is 0 Å². The molecule has 2 aromatic heterocycles. The number of benzene rings is 1. The number of nitrogens with zero attached hydrogens (tertiary/aromatic N) is 4. The standard InChI is InChI=1S/C13H7F4N5/c14-11-2-1-7(4-10(11)13(15,16)17)8-3-9(6-18-5-8)12-19-21-22-20-12/h1-6H,(H,19,20,21,22). The molecule has 0 spiro atoms. The number of rotatable bonds is 2. The monoisotopic (exact) mass is 309 g/mol. The summed E-state index contributed by atoms with van der Waals surface area (Å²) in [6.07, 6.45) is -1.95. The number of nitrogens with one attached hydrogen (secondary N) is 1. The quantitative estimate of drug-likeness (QED) is 0.739. The summed E-state index contributed by atoms with van der Waals surface area (Å²) < 4.78 is 51.6. The molecular weight excluding hydrogens is 302 g/mol. The largest absolute Gasteiger partial charge is 0.419 e. The van der Waals surface area contributed by atoms with Gasteiger partial charge in [-0.1, -0.05) is 6.07 Å². The van der Waals surface area contributed by atoms with E-state index in [4.69, 9.17) is 0 Å². The molecule has 22 heavy (non-hydrogen) atoms. The van der Waals surface area contributed by atoms with E-state index in [1.54, 1.807) is 6.07 Å². The topological polar surface area (TPSA) is 67.3 Å². The summed E-state index contributed by atoms with van der Waals surface area (Å²) in [6.45, 7) is 0. The van der Waals surface area contributed by atoms with Crippen LogP contribution in [-0.2, 0) is 6.18 Å². The maximum atomic E-state index is 13.3. The predicted molar refractivity (Wildman–Crippen MR) is 67.8 cm³/mol. The van der Waals surface area contributed by atoms with E-state index in [1.165, 1.54) is 18.5 Å². The zero-order valence-electron chi connectivity index (χ0n) is 10.8. The molecule has 0 aliphatic rings. The fourth-order valence-corrected chi connectivity index (χ4v) is 1.93. The lowest BCUT2D eigenvalue weighted by Crippen LogP contribution is -2.08. The van der Waals surface area contributed by atoms with Crippen molar-refractivity contribution in [1.82, 2.24) is 25.6 Å². The van der Waals surface area contributed by atoms with Crippen LogP contribution in [0, 0.1) is 5.82 Å². The minimum absolute atomic E-state index is 0.187. The molecule has 3 aromatic rings. The zero-order valence-corrected chi connectivity index (χ0v) is 10.8. The van der Waals surface area contributed by atoms with Gasteiger partial charge in [-0.15, -0.1) is 10.2 Å². The van der Waals surface area contributed by atoms with Crippen molar-refractivity contribution in [2.45, 2.75) is 6.18 Å². The van der Waals surface area contributed by atoms with E-state index in [2.05, 4.69) is 25.6 Å². The van der Waals surface area contributed by atoms with Crippen LogP contribution in [0.5, 0.6) is 0 Å². The molecule has 9 heteroatoms. The van der Waals surface area contributed by atoms with Crippen LogP contribution in [0.1, 0.15) is 5.56 Å². The molecule has 0 saturated carbocycles. The third kappa shape index (κ3) is 2.65. The Morgan fingerprint density at radius 1 is 0.955 bits per heavy atom. The molecule has 1 N–H and O–H groups in total. The molecule has 3 rings (SSSR count). The lowest BCUT2D eigenvalue weighted by Gasteiger charge is -2.10. The van der Waals surface area contributed by atoms with Crippen LogP contribution in [0.3, 0.4) is 0 Å². The van der Waals surface area contributed by atoms with Crippen molar-refractivity contribution < 1.29 is 17.6 Å². The zero-order chi connectivity index (χ0) is 15.7. The van der Waals surface area contributed by atoms with Crippen LogP contribution in [-0.4, -0.2) is 25.6 Å². The first-order valence-electron chi connectivity index (χ1n) is 6.01. The number of tetrazole rings is 1. The highest BCUT2D eigenvalue weighted by atomic mass is 19.4. The third-order valence-corrected chi connectivity index (χ3v) is 2.95. The van der Waals surface area contributed by atoms with E-state index in [9.17, 15) is 17.6 Å². The fraction of sp³-hybridized carbons (Fsp3) is 0.0769. The summed E-state index contributed by atoms with van der Waals surface area (Å²) in [6, 6.07) is 4.32. The van der Waals surface area contributed by atoms with Crippen LogP contribution < -0.4 is 0 Å². The molecule has 0 radical (unpaired) electrons. The molecule has 1 aromatic carbocycles. The molecule has 0 aliphatic heterocycles. The second-order valence-corrected chi connectivity index (χ2v) is 4.39. The van der Waals surface area contributed by atoms with Crippen LogP contribution in [0.4, 0.5) is 17.6 Å². The fourth-order valence-electron chi connectivity index (χ4n) is 1.93. The Morgan fingerprint density at radius 3 is 2.41 bits per heavy atom. The molecule has 0 aliphatic carbocycles. The summed E-state index contributed by atoms with van der Waals surface area (Å²) >= 11 is 0. The van der Waals surface area contributed by atoms with Gasteiger partial charge in [0.05, 0.1) is 5.56 Å². The molecule has 0 fully saturated rings. The first-order valence-corrected chi connectivity index (χ1v) is 6.01. The number of halogens is 4. The molecular formula is C13H7F4N5. The van der Waals surface area contributed by atoms with Gasteiger partial charge in [-0.2, -0.15) is 18.4 Å². The molecule has 0 saturated heterocycles. The lowest BCUT2D eigenvalue weighted by molar-refractivity contribution is -0.139. The van der Waals surface area contributed by atoms with Gasteiger partial charge in [0, 0.05) is 23.5 Å². The van der Waals surface area contributed by atoms with Gasteiger partial charge in [-0.25, -0.2) is 4.39 Å². The van der Waals surface area contributed by atoms with Gasteiger partial charge in [0.2, 0.25) is 5.82 Å². The Bertz CT molecular complexity index is 798. The normalized spacial score (nSPS) is 11.6. The van der Waals surface area contributed by atoms with Gasteiger partial charge in [0.15, 0.2) is 0 Å². The highest BCUT2D eigenvalue weighted by Gasteiger charge is 2.34. The lowest BCUT2D eigenvalue weighted by atomic mass is 10.0. The minimum atomic E-state index is -4.77. The molecule has 112 valence electrons. The molecule has 0 atom stereocenters. The maximum Gasteiger partial charge on any atom is 0.419 e. The minimum Gasteiger partial charge on any atom is -0.263 e. The summed E-state index contributed by atoms with van der Waals surface area (Å²) in [7, 11) is 0. The Labute approximate surface area is 121 Å². The van der Waals surface area contributed by atoms with Crippen molar-refractivity contribution >= 4 is 0 Å². The molecule has 0 unspecified atom stereocenters. The second-order valence-electron chi connectivity index (χ2n) is 4.39. The Morgan fingerprint density at radius 2 is 1.73 bits per heavy atom. The van der Waals surface area contributed by atoms with Crippen LogP contribution in [0.2, 0.25) is 0 Å². The van der Waals surface area contributed by atoms with Gasteiger partial charge in [0.1, 0.15) is 5.82 Å². The van der Waals surface area contributed by atoms with Crippen molar-refractivity contribution in [3.05, 3.63) is 48.0 Å². The average molecular weight is 309 g/mol. The van der Waals surface area contributed by atoms with E-state index in [1.807, 2.05) is 0 Å². The molecule has 5 nitrogen and oxygen atoms in total. The van der Waals surface area contributed by atoms with Crippen molar-refractivity contribution in [3.63, 3.8) is 0 Å². The van der Waals surface area contributed by atoms with Gasteiger partial charge >= 0.3 is 6.18 Å². The van der Waals surface area contributed by atoms with Crippen LogP contribution >= 0.6 is 0 Å². The molecule has 2 heterocycles. The number of alkyl halides is 3. The smallest absolute Gasteiger partial charge is 0.263 e. The summed E-state index contributed by atoms with van der Waals surface area (Å²) in [4.78, 5) is 3.93. The van der Waals surface area contributed by atoms with Crippen molar-refractivity contribution in [1.29, 1.82) is 0 Å². The van der Waals surface area contributed by atoms with Crippen molar-refractivity contribution in [2.24, 2.45) is 0 Å². The van der Waals surface area contributed by atoms with Crippen LogP contribution in [0.15, 0.2) is 36.7 Å². The molecule has 0 bridgehead atoms. The third-order valence-electron chi connectivity index (χ3n) is 2.95. The van der Waals surface area contributed by atoms with E-state index in [-0.39, 0.29) is 11.4 Å². The Hall–Kier alpha value is -2.84. The predicted octanol–water partition coefficient (Wildman–Crippen LogP) is 3.09. The van der Waals surface area contributed by atoms with E-state index < -0.39 is 17.6 Å². The highest BCUT2D eigenvalue weighted by Crippen LogP contribution is 2.34. The van der Waals surface area contributed by atoms with Crippen LogP contribution in [0.25, 0.3) is 22.5 Å². The number of H-pyrrole nitrogens is 1. The van der Waals surface area contributed by atoms with Crippen molar-refractivity contribution in [3.8, 4) is 22.5 Å². The molecule has 0 amide bonds. The van der Waals surface area contributed by atoms with Gasteiger partial charge in [0.25, 0.3) is 0 Å². The summed E-state index contributed by atoms with van der Waals surface area (Å²) in [5, 5.41) is 13.2. The Kier molecular flexibility index (Phi) is 3.32. The number of hydrogen-bond acceptors (Lipinski definition) is 4. The van der Waals surface area contributed by atoms with E-state index in [0.717, 1.165) is 12.1 Å². The van der Waals surface area contributed by atoms with Gasteiger partial charge in [-0.05, 0) is 29.0 Å². The summed E-state index contributed by atoms with van der Waals surface area (Å²) in [5.74, 6) is -1.06. The highest BCUT2D eigenvalue weighted by molar-refractivity contribution is 5.69. The van der Waals surface area contributed by atoms with E-state index in [0.29, 0.717) is 11.1 Å². The van der Waals surface area contributed by atoms with E-state index >= 15 is 0 Å². The Balaban J connectivity index is 2.07. The number of pyridine rings is 1. The van der Waals surface area contributed by atoms with Crippen molar-refractivity contribution in [2.75, 3.05) is 0 Å². The SMILES string of the molecule is Fc1ccc(-c2cncc(-c3nn[nH]n3)c2)cc1C(F)(F)F. The second kappa shape index (κ2) is 5.17. The number of hydrogen-bond donors (Lipinski definition) is 1. The first kappa shape index (κ1) is 14.1. The first-order chi connectivity index (χ1) is 10.4. The summed E-state index contributed by atoms with van der Waals surface area (Å²) in [5.41, 5.74) is -0.279. The number of aromatic amines is 1. The maximum absolute atomic E-state index is 13.3. The average Bonchev–Trinajstić information content (AvgIpc) is 3.01. The van der Waals surface area contributed by atoms with Gasteiger partial charge in [-0.3, -0.25) is 4.98 Å².